The van der Waals surface area contributed by atoms with Crippen LogP contribution < -0.4 is 4.74 Å². The number of carbonyl (C=O) groups excluding carboxylic acids is 2. The molecule has 3 heteroatoms. The standard InChI is InChI=1S/C31H42O3/c1-3-5-7-8-9-10-24-13-20-29(30(32)22-24)31(33)23-25-11-14-26(15-12-25)27-16-18-28(19-17-27)34-21-6-4-2/h11-12,14-19,24,29H,3-10,13,20-23H2,1-2H3. The van der Waals surface area contributed by atoms with Gasteiger partial charge in [0.25, 0.3) is 0 Å². The summed E-state index contributed by atoms with van der Waals surface area (Å²) in [6.07, 6.45) is 12.4. The molecule has 1 saturated carbocycles. The molecule has 2 aromatic carbocycles. The van der Waals surface area contributed by atoms with Gasteiger partial charge in [0, 0.05) is 12.8 Å². The Hall–Kier alpha value is -2.42. The summed E-state index contributed by atoms with van der Waals surface area (Å²) in [4.78, 5) is 25.6. The van der Waals surface area contributed by atoms with Gasteiger partial charge in [-0.1, -0.05) is 95.2 Å². The second-order valence-electron chi connectivity index (χ2n) is 9.94. The molecular weight excluding hydrogens is 420 g/mol. The smallest absolute Gasteiger partial charge is 0.147 e. The molecule has 0 aliphatic heterocycles. The monoisotopic (exact) mass is 462 g/mol. The van der Waals surface area contributed by atoms with Crippen LogP contribution in [0, 0.1) is 11.8 Å². The van der Waals surface area contributed by atoms with Crippen molar-refractivity contribution in [2.45, 2.75) is 90.9 Å². The SMILES string of the molecule is CCCCCCCC1CCC(C(=O)Cc2ccc(-c3ccc(OCCCC)cc3)cc2)C(=O)C1. The number of ketones is 2. The largest absolute Gasteiger partial charge is 0.494 e. The zero-order valence-electron chi connectivity index (χ0n) is 21.2. The van der Waals surface area contributed by atoms with Gasteiger partial charge < -0.3 is 4.74 Å². The zero-order chi connectivity index (χ0) is 24.2. The minimum atomic E-state index is -0.392. The van der Waals surface area contributed by atoms with Gasteiger partial charge in [-0.05, 0) is 54.0 Å². The number of hydrogen-bond acceptors (Lipinski definition) is 3. The molecule has 0 aromatic heterocycles. The van der Waals surface area contributed by atoms with Crippen LogP contribution in [0.5, 0.6) is 5.75 Å². The van der Waals surface area contributed by atoms with Gasteiger partial charge in [0.05, 0.1) is 12.5 Å². The summed E-state index contributed by atoms with van der Waals surface area (Å²) in [5.74, 6) is 1.26. The highest BCUT2D eigenvalue weighted by atomic mass is 16.5. The topological polar surface area (TPSA) is 43.4 Å². The molecule has 2 aromatic rings. The third kappa shape index (κ3) is 8.11. The van der Waals surface area contributed by atoms with Crippen LogP contribution in [0.3, 0.4) is 0 Å². The van der Waals surface area contributed by atoms with E-state index in [0.717, 1.165) is 61.2 Å². The van der Waals surface area contributed by atoms with Crippen LogP contribution in [-0.2, 0) is 16.0 Å². The average molecular weight is 463 g/mol. The van der Waals surface area contributed by atoms with Gasteiger partial charge in [-0.25, -0.2) is 0 Å². The molecule has 0 amide bonds. The summed E-state index contributed by atoms with van der Waals surface area (Å²) in [6.45, 7) is 5.14. The molecule has 0 heterocycles. The van der Waals surface area contributed by atoms with E-state index in [4.69, 9.17) is 4.74 Å². The van der Waals surface area contributed by atoms with E-state index < -0.39 is 5.92 Å². The van der Waals surface area contributed by atoms with Crippen LogP contribution in [0.4, 0.5) is 0 Å². The van der Waals surface area contributed by atoms with Crippen LogP contribution in [0.25, 0.3) is 11.1 Å². The molecule has 0 spiro atoms. The number of rotatable bonds is 14. The van der Waals surface area contributed by atoms with E-state index in [2.05, 4.69) is 38.1 Å². The Bertz CT molecular complexity index is 882. The summed E-state index contributed by atoms with van der Waals surface area (Å²) in [7, 11) is 0. The first-order valence-electron chi connectivity index (χ1n) is 13.5. The normalized spacial score (nSPS) is 18.1. The van der Waals surface area contributed by atoms with E-state index in [1.54, 1.807) is 0 Å². The molecule has 0 N–H and O–H groups in total. The van der Waals surface area contributed by atoms with Crippen molar-refractivity contribution in [2.24, 2.45) is 11.8 Å². The van der Waals surface area contributed by atoms with Crippen LogP contribution >= 0.6 is 0 Å². The minimum absolute atomic E-state index is 0.0905. The van der Waals surface area contributed by atoms with Gasteiger partial charge in [0.1, 0.15) is 17.3 Å². The number of ether oxygens (including phenoxy) is 1. The summed E-state index contributed by atoms with van der Waals surface area (Å²) in [5.41, 5.74) is 3.23. The maximum absolute atomic E-state index is 12.9. The van der Waals surface area contributed by atoms with Crippen molar-refractivity contribution in [3.8, 4) is 16.9 Å². The number of unbranched alkanes of at least 4 members (excludes halogenated alkanes) is 5. The van der Waals surface area contributed by atoms with Crippen molar-refractivity contribution in [1.29, 1.82) is 0 Å². The maximum atomic E-state index is 12.9. The van der Waals surface area contributed by atoms with Gasteiger partial charge >= 0.3 is 0 Å². The van der Waals surface area contributed by atoms with Gasteiger partial charge in [-0.15, -0.1) is 0 Å². The van der Waals surface area contributed by atoms with E-state index >= 15 is 0 Å². The number of hydrogen-bond donors (Lipinski definition) is 0. The first-order valence-corrected chi connectivity index (χ1v) is 13.5. The highest BCUT2D eigenvalue weighted by Crippen LogP contribution is 2.31. The Morgan fingerprint density at radius 3 is 2.12 bits per heavy atom. The van der Waals surface area contributed by atoms with E-state index in [-0.39, 0.29) is 11.6 Å². The summed E-state index contributed by atoms with van der Waals surface area (Å²) < 4.78 is 5.74. The van der Waals surface area contributed by atoms with Gasteiger partial charge in [0.15, 0.2) is 0 Å². The molecule has 1 aliphatic carbocycles. The summed E-state index contributed by atoms with van der Waals surface area (Å²) >= 11 is 0. The first-order chi connectivity index (χ1) is 16.6. The minimum Gasteiger partial charge on any atom is -0.494 e. The molecule has 2 unspecified atom stereocenters. The predicted octanol–water partition coefficient (Wildman–Crippen LogP) is 7.99. The fraction of sp³-hybridized carbons (Fsp3) is 0.548. The van der Waals surface area contributed by atoms with E-state index in [0.29, 0.717) is 18.8 Å². The molecule has 34 heavy (non-hydrogen) atoms. The molecule has 3 rings (SSSR count). The van der Waals surface area contributed by atoms with Crippen LogP contribution in [0.15, 0.2) is 48.5 Å². The third-order valence-corrected chi connectivity index (χ3v) is 7.13. The fourth-order valence-electron chi connectivity index (χ4n) is 4.93. The molecule has 1 aliphatic rings. The molecular formula is C31H42O3. The Labute approximate surface area is 206 Å². The molecule has 0 radical (unpaired) electrons. The lowest BCUT2D eigenvalue weighted by atomic mass is 9.76. The van der Waals surface area contributed by atoms with Crippen molar-refractivity contribution in [3.05, 3.63) is 54.1 Å². The van der Waals surface area contributed by atoms with E-state index in [1.165, 1.54) is 32.1 Å². The van der Waals surface area contributed by atoms with Crippen LogP contribution in [-0.4, -0.2) is 18.2 Å². The summed E-state index contributed by atoms with van der Waals surface area (Å²) in [6, 6.07) is 16.3. The second-order valence-corrected chi connectivity index (χ2v) is 9.94. The average Bonchev–Trinajstić information content (AvgIpc) is 2.85. The van der Waals surface area contributed by atoms with E-state index in [1.807, 2.05) is 24.3 Å². The Kier molecular flexibility index (Phi) is 10.9. The van der Waals surface area contributed by atoms with Crippen molar-refractivity contribution < 1.29 is 14.3 Å². The highest BCUT2D eigenvalue weighted by molar-refractivity contribution is 6.03. The molecule has 1 fully saturated rings. The van der Waals surface area contributed by atoms with Crippen LogP contribution in [0.2, 0.25) is 0 Å². The Morgan fingerprint density at radius 1 is 0.824 bits per heavy atom. The van der Waals surface area contributed by atoms with Crippen LogP contribution in [0.1, 0.15) is 90.0 Å². The molecule has 2 atom stereocenters. The van der Waals surface area contributed by atoms with E-state index in [9.17, 15) is 9.59 Å². The summed E-state index contributed by atoms with van der Waals surface area (Å²) in [5, 5.41) is 0. The van der Waals surface area contributed by atoms with Gasteiger partial charge in [-0.3, -0.25) is 9.59 Å². The maximum Gasteiger partial charge on any atom is 0.147 e. The van der Waals surface area contributed by atoms with Crippen molar-refractivity contribution in [2.75, 3.05) is 6.61 Å². The lowest BCUT2D eigenvalue weighted by Crippen LogP contribution is -2.32. The van der Waals surface area contributed by atoms with Crippen molar-refractivity contribution in [3.63, 3.8) is 0 Å². The quantitative estimate of drug-likeness (QED) is 0.211. The fourth-order valence-corrected chi connectivity index (χ4v) is 4.93. The third-order valence-electron chi connectivity index (χ3n) is 7.13. The predicted molar refractivity (Wildman–Crippen MR) is 140 cm³/mol. The molecule has 3 nitrogen and oxygen atoms in total. The highest BCUT2D eigenvalue weighted by Gasteiger charge is 2.32. The number of carbonyl (C=O) groups is 2. The lowest BCUT2D eigenvalue weighted by molar-refractivity contribution is -0.135. The number of Topliss-reactive ketones (excluding diaryl/α,β-unsaturated/α-hetero) is 2. The lowest BCUT2D eigenvalue weighted by Gasteiger charge is -2.26. The molecule has 184 valence electrons. The Morgan fingerprint density at radius 2 is 1.47 bits per heavy atom. The van der Waals surface area contributed by atoms with Crippen molar-refractivity contribution >= 4 is 11.6 Å². The Balaban J connectivity index is 1.46. The molecule has 0 bridgehead atoms. The first kappa shape index (κ1) is 26.2. The molecule has 0 saturated heterocycles. The second kappa shape index (κ2) is 14.1. The van der Waals surface area contributed by atoms with Gasteiger partial charge in [-0.2, -0.15) is 0 Å². The van der Waals surface area contributed by atoms with Gasteiger partial charge in [0.2, 0.25) is 0 Å². The number of benzene rings is 2. The zero-order valence-corrected chi connectivity index (χ0v) is 21.2. The van der Waals surface area contributed by atoms with Crippen molar-refractivity contribution in [1.82, 2.24) is 0 Å².